The van der Waals surface area contributed by atoms with Crippen LogP contribution in [-0.2, 0) is 28.8 Å². The normalized spacial score (nSPS) is 16.8. The summed E-state index contributed by atoms with van der Waals surface area (Å²) in [6.45, 7) is 6.49. The van der Waals surface area contributed by atoms with Gasteiger partial charge in [-0.25, -0.2) is 26.9 Å². The van der Waals surface area contributed by atoms with Gasteiger partial charge in [0.15, 0.2) is 11.6 Å². The first-order valence-corrected chi connectivity index (χ1v) is 12.5. The average molecular weight is 497 g/mol. The molecule has 1 fully saturated rings. The van der Waals surface area contributed by atoms with E-state index in [0.717, 1.165) is 11.6 Å². The first-order valence-electron chi connectivity index (χ1n) is 11.3. The lowest BCUT2D eigenvalue weighted by Gasteiger charge is -2.37. The molecule has 3 rings (SSSR count). The lowest BCUT2D eigenvalue weighted by atomic mass is 9.86. The Morgan fingerprint density at radius 3 is 2.32 bits per heavy atom. The molecule has 5 nitrogen and oxygen atoms in total. The lowest BCUT2D eigenvalue weighted by Crippen LogP contribution is -2.49. The zero-order chi connectivity index (χ0) is 24.9. The predicted molar refractivity (Wildman–Crippen MR) is 126 cm³/mol. The Kier molecular flexibility index (Phi) is 8.76. The zero-order valence-electron chi connectivity index (χ0n) is 19.7. The standard InChI is InChI=1S/C25H31F3N2O3S/c1-25(2,3)34(32)29-23(14-19-13-21(27)22(28)15-20(19)26)18-9-11-30(12-10-18)24(31)33-16-17-7-5-4-6-8-17/h4-8,13,15,18,23,29H,9-12,14,16H2,1-3H3/t23-,34+/m1/s1. The second kappa shape index (κ2) is 11.4. The van der Waals surface area contributed by atoms with Gasteiger partial charge in [0.2, 0.25) is 0 Å². The number of ether oxygens (including phenoxy) is 1. The summed E-state index contributed by atoms with van der Waals surface area (Å²) in [6.07, 6.45) is 0.792. The third kappa shape index (κ3) is 7.06. The van der Waals surface area contributed by atoms with Gasteiger partial charge in [-0.3, -0.25) is 0 Å². The summed E-state index contributed by atoms with van der Waals surface area (Å²) in [6, 6.07) is 10.3. The molecule has 1 N–H and O–H groups in total. The average Bonchev–Trinajstić information content (AvgIpc) is 2.80. The minimum atomic E-state index is -1.45. The topological polar surface area (TPSA) is 58.6 Å². The van der Waals surface area contributed by atoms with Gasteiger partial charge in [-0.15, -0.1) is 0 Å². The minimum Gasteiger partial charge on any atom is -0.445 e. The second-order valence-electron chi connectivity index (χ2n) is 9.53. The summed E-state index contributed by atoms with van der Waals surface area (Å²) in [5, 5.41) is 0. The van der Waals surface area contributed by atoms with E-state index >= 15 is 0 Å². The van der Waals surface area contributed by atoms with Crippen LogP contribution in [-0.4, -0.2) is 39.1 Å². The van der Waals surface area contributed by atoms with Gasteiger partial charge in [-0.1, -0.05) is 30.3 Å². The number of rotatable bonds is 7. The fourth-order valence-corrected chi connectivity index (χ4v) is 4.78. The molecule has 0 bridgehead atoms. The summed E-state index contributed by atoms with van der Waals surface area (Å²) in [5.74, 6) is -3.25. The second-order valence-corrected chi connectivity index (χ2v) is 11.5. The SMILES string of the molecule is CC(C)(C)[S@](=O)N[C@H](Cc1cc(F)c(F)cc1F)C1CCN(C(=O)OCc2ccccc2)CC1. The molecular formula is C25H31F3N2O3S. The van der Waals surface area contributed by atoms with Crippen LogP contribution < -0.4 is 4.72 Å². The monoisotopic (exact) mass is 496 g/mol. The van der Waals surface area contributed by atoms with Gasteiger partial charge in [-0.2, -0.15) is 0 Å². The molecular weight excluding hydrogens is 465 g/mol. The van der Waals surface area contributed by atoms with Crippen molar-refractivity contribution in [2.45, 2.75) is 57.4 Å². The molecule has 34 heavy (non-hydrogen) atoms. The van der Waals surface area contributed by atoms with Crippen molar-refractivity contribution < 1.29 is 26.9 Å². The van der Waals surface area contributed by atoms with Crippen molar-refractivity contribution >= 4 is 17.1 Å². The number of carbonyl (C=O) groups is 1. The molecule has 2 aromatic carbocycles. The lowest BCUT2D eigenvalue weighted by molar-refractivity contribution is 0.0791. The van der Waals surface area contributed by atoms with E-state index in [1.807, 2.05) is 51.1 Å². The maximum Gasteiger partial charge on any atom is 0.410 e. The van der Waals surface area contributed by atoms with E-state index in [-0.39, 0.29) is 24.5 Å². The number of hydrogen-bond acceptors (Lipinski definition) is 3. The number of nitrogens with one attached hydrogen (secondary N) is 1. The maximum atomic E-state index is 14.3. The van der Waals surface area contributed by atoms with Crippen LogP contribution in [0.2, 0.25) is 0 Å². The molecule has 1 amide bonds. The van der Waals surface area contributed by atoms with Crippen LogP contribution in [0.15, 0.2) is 42.5 Å². The van der Waals surface area contributed by atoms with Crippen LogP contribution in [0.3, 0.4) is 0 Å². The summed E-state index contributed by atoms with van der Waals surface area (Å²) in [4.78, 5) is 14.1. The summed E-state index contributed by atoms with van der Waals surface area (Å²) in [5.41, 5.74) is 0.917. The first-order chi connectivity index (χ1) is 16.0. The quantitative estimate of drug-likeness (QED) is 0.542. The Balaban J connectivity index is 1.65. The van der Waals surface area contributed by atoms with Crippen molar-refractivity contribution in [1.29, 1.82) is 0 Å². The number of amides is 1. The highest BCUT2D eigenvalue weighted by molar-refractivity contribution is 7.84. The molecule has 0 saturated carbocycles. The van der Waals surface area contributed by atoms with E-state index in [9.17, 15) is 22.2 Å². The van der Waals surface area contributed by atoms with E-state index in [1.54, 1.807) is 4.90 Å². The number of nitrogens with zero attached hydrogens (tertiary/aromatic N) is 1. The zero-order valence-corrected chi connectivity index (χ0v) is 20.5. The highest BCUT2D eigenvalue weighted by atomic mass is 32.2. The molecule has 2 aromatic rings. The van der Waals surface area contributed by atoms with Crippen LogP contribution >= 0.6 is 0 Å². The van der Waals surface area contributed by atoms with Gasteiger partial charge in [0.25, 0.3) is 0 Å². The summed E-state index contributed by atoms with van der Waals surface area (Å²) < 4.78 is 62.2. The van der Waals surface area contributed by atoms with Crippen LogP contribution in [0.5, 0.6) is 0 Å². The predicted octanol–water partition coefficient (Wildman–Crippen LogP) is 5.12. The van der Waals surface area contributed by atoms with Gasteiger partial charge in [-0.05, 0) is 63.1 Å². The molecule has 9 heteroatoms. The molecule has 2 atom stereocenters. The minimum absolute atomic E-state index is 0.0204. The van der Waals surface area contributed by atoms with Crippen molar-refractivity contribution in [2.75, 3.05) is 13.1 Å². The number of carbonyl (C=O) groups excluding carboxylic acids is 1. The largest absolute Gasteiger partial charge is 0.445 e. The van der Waals surface area contributed by atoms with Gasteiger partial charge in [0.1, 0.15) is 12.4 Å². The number of likely N-dealkylation sites (tertiary alicyclic amines) is 1. The highest BCUT2D eigenvalue weighted by Gasteiger charge is 2.33. The van der Waals surface area contributed by atoms with Gasteiger partial charge in [0.05, 0.1) is 15.7 Å². The van der Waals surface area contributed by atoms with E-state index in [4.69, 9.17) is 4.74 Å². The molecule has 1 saturated heterocycles. The molecule has 1 aliphatic heterocycles. The molecule has 0 radical (unpaired) electrons. The molecule has 1 heterocycles. The van der Waals surface area contributed by atoms with Crippen LogP contribution in [0.25, 0.3) is 0 Å². The molecule has 0 spiro atoms. The Labute approximate surface area is 201 Å². The Bertz CT molecular complexity index is 1010. The molecule has 0 unspecified atom stereocenters. The number of piperidine rings is 1. The maximum absolute atomic E-state index is 14.3. The third-order valence-corrected chi connectivity index (χ3v) is 7.54. The summed E-state index contributed by atoms with van der Waals surface area (Å²) in [7, 11) is -1.45. The molecule has 1 aliphatic rings. The van der Waals surface area contributed by atoms with Gasteiger partial charge in [0, 0.05) is 25.2 Å². The van der Waals surface area contributed by atoms with Crippen molar-refractivity contribution in [3.8, 4) is 0 Å². The van der Waals surface area contributed by atoms with E-state index < -0.39 is 45.3 Å². The van der Waals surface area contributed by atoms with Crippen LogP contribution in [0.4, 0.5) is 18.0 Å². The van der Waals surface area contributed by atoms with Crippen molar-refractivity contribution in [3.05, 3.63) is 71.0 Å². The van der Waals surface area contributed by atoms with Gasteiger partial charge >= 0.3 is 6.09 Å². The molecule has 0 aliphatic carbocycles. The molecule has 186 valence electrons. The fourth-order valence-electron chi connectivity index (χ4n) is 3.87. The van der Waals surface area contributed by atoms with Crippen LogP contribution in [0, 0.1) is 23.4 Å². The number of hydrogen-bond donors (Lipinski definition) is 1. The Morgan fingerprint density at radius 1 is 1.09 bits per heavy atom. The van der Waals surface area contributed by atoms with E-state index in [0.29, 0.717) is 32.0 Å². The van der Waals surface area contributed by atoms with Crippen molar-refractivity contribution in [2.24, 2.45) is 5.92 Å². The Hall–Kier alpha value is -2.39. The first kappa shape index (κ1) is 26.2. The number of benzene rings is 2. The van der Waals surface area contributed by atoms with Crippen molar-refractivity contribution in [3.63, 3.8) is 0 Å². The third-order valence-electron chi connectivity index (χ3n) is 5.92. The number of halogens is 3. The summed E-state index contributed by atoms with van der Waals surface area (Å²) >= 11 is 0. The van der Waals surface area contributed by atoms with Crippen LogP contribution in [0.1, 0.15) is 44.7 Å². The van der Waals surface area contributed by atoms with Gasteiger partial charge < -0.3 is 9.64 Å². The molecule has 0 aromatic heterocycles. The Morgan fingerprint density at radius 2 is 1.71 bits per heavy atom. The smallest absolute Gasteiger partial charge is 0.410 e. The van der Waals surface area contributed by atoms with E-state index in [2.05, 4.69) is 4.72 Å². The highest BCUT2D eigenvalue weighted by Crippen LogP contribution is 2.27. The fraction of sp³-hybridized carbons (Fsp3) is 0.480. The van der Waals surface area contributed by atoms with Crippen molar-refractivity contribution in [1.82, 2.24) is 9.62 Å². The van der Waals surface area contributed by atoms with E-state index in [1.165, 1.54) is 0 Å².